The maximum atomic E-state index is 11.5. The zero-order valence-electron chi connectivity index (χ0n) is 10.5. The van der Waals surface area contributed by atoms with Gasteiger partial charge in [-0.15, -0.1) is 5.10 Å². The molecule has 96 valence electrons. The molecule has 6 nitrogen and oxygen atoms in total. The van der Waals surface area contributed by atoms with Crippen LogP contribution in [0.5, 0.6) is 0 Å². The molecule has 0 atom stereocenters. The highest BCUT2D eigenvalue weighted by atomic mass is 16.2. The van der Waals surface area contributed by atoms with Crippen LogP contribution in [-0.2, 0) is 17.8 Å². The molecule has 0 unspecified atom stereocenters. The summed E-state index contributed by atoms with van der Waals surface area (Å²) in [7, 11) is 0. The van der Waals surface area contributed by atoms with E-state index in [4.69, 9.17) is 5.73 Å². The minimum atomic E-state index is -0.0334. The van der Waals surface area contributed by atoms with Gasteiger partial charge in [-0.1, -0.05) is 19.1 Å². The van der Waals surface area contributed by atoms with E-state index in [0.29, 0.717) is 19.0 Å². The molecule has 0 bridgehead atoms. The predicted molar refractivity (Wildman–Crippen MR) is 65.2 cm³/mol. The summed E-state index contributed by atoms with van der Waals surface area (Å²) in [5.74, 6) is 0.420. The number of hydrogen-bond donors (Lipinski definition) is 2. The molecule has 0 saturated carbocycles. The van der Waals surface area contributed by atoms with E-state index in [2.05, 4.69) is 29.5 Å². The van der Waals surface area contributed by atoms with E-state index in [9.17, 15) is 4.79 Å². The number of hydrogen-bond acceptors (Lipinski definition) is 4. The van der Waals surface area contributed by atoms with Gasteiger partial charge < -0.3 is 11.1 Å². The van der Waals surface area contributed by atoms with E-state index in [1.165, 1.54) is 0 Å². The Hall–Kier alpha value is -1.43. The Morgan fingerprint density at radius 2 is 2.35 bits per heavy atom. The van der Waals surface area contributed by atoms with Gasteiger partial charge in [-0.05, 0) is 25.3 Å². The zero-order valence-corrected chi connectivity index (χ0v) is 10.5. The van der Waals surface area contributed by atoms with Crippen molar-refractivity contribution in [3.8, 4) is 0 Å². The van der Waals surface area contributed by atoms with Crippen LogP contribution in [0.25, 0.3) is 0 Å². The maximum absolute atomic E-state index is 11.5. The second-order valence-corrected chi connectivity index (χ2v) is 4.50. The summed E-state index contributed by atoms with van der Waals surface area (Å²) in [6, 6.07) is 0. The highest BCUT2D eigenvalue weighted by Crippen LogP contribution is 1.97. The number of rotatable bonds is 7. The summed E-state index contributed by atoms with van der Waals surface area (Å²) < 4.78 is 1.56. The summed E-state index contributed by atoms with van der Waals surface area (Å²) >= 11 is 0. The van der Waals surface area contributed by atoms with Crippen molar-refractivity contribution in [2.24, 2.45) is 11.7 Å². The molecule has 1 aromatic rings. The van der Waals surface area contributed by atoms with Gasteiger partial charge in [0.25, 0.3) is 0 Å². The first-order valence-electron chi connectivity index (χ1n) is 5.97. The minimum absolute atomic E-state index is 0.0334. The number of nitrogens with two attached hydrogens (primary N) is 1. The number of carbonyl (C=O) groups is 1. The molecule has 3 N–H and O–H groups in total. The van der Waals surface area contributed by atoms with Gasteiger partial charge in [-0.2, -0.15) is 0 Å². The molecule has 6 heteroatoms. The number of aryl methyl sites for hydroxylation is 1. The molecule has 0 aliphatic carbocycles. The molecule has 1 rings (SSSR count). The molecule has 1 amide bonds. The topological polar surface area (TPSA) is 85.8 Å². The lowest BCUT2D eigenvalue weighted by Crippen LogP contribution is -2.30. The van der Waals surface area contributed by atoms with Crippen LogP contribution < -0.4 is 11.1 Å². The molecule has 0 aromatic carbocycles. The fraction of sp³-hybridized carbons (Fsp3) is 0.727. The second-order valence-electron chi connectivity index (χ2n) is 4.50. The van der Waals surface area contributed by atoms with Gasteiger partial charge >= 0.3 is 0 Å². The van der Waals surface area contributed by atoms with Crippen molar-refractivity contribution < 1.29 is 4.79 Å². The molecule has 0 radical (unpaired) electrons. The summed E-state index contributed by atoms with van der Waals surface area (Å²) in [6.45, 7) is 5.67. The third-order valence-electron chi connectivity index (χ3n) is 2.24. The third-order valence-corrected chi connectivity index (χ3v) is 2.24. The Labute approximate surface area is 102 Å². The molecule has 0 spiro atoms. The van der Waals surface area contributed by atoms with Gasteiger partial charge in [0.1, 0.15) is 6.54 Å². The van der Waals surface area contributed by atoms with Gasteiger partial charge in [0, 0.05) is 12.7 Å². The van der Waals surface area contributed by atoms with E-state index < -0.39 is 0 Å². The first-order valence-corrected chi connectivity index (χ1v) is 5.97. The highest BCUT2D eigenvalue weighted by molar-refractivity contribution is 5.75. The lowest BCUT2D eigenvalue weighted by molar-refractivity contribution is -0.122. The summed E-state index contributed by atoms with van der Waals surface area (Å²) in [4.78, 5) is 11.5. The van der Waals surface area contributed by atoms with Crippen molar-refractivity contribution in [2.45, 2.75) is 33.2 Å². The van der Waals surface area contributed by atoms with Crippen LogP contribution in [0, 0.1) is 5.92 Å². The van der Waals surface area contributed by atoms with Crippen molar-refractivity contribution in [3.63, 3.8) is 0 Å². The smallest absolute Gasteiger partial charge is 0.241 e. The molecule has 1 aromatic heterocycles. The third kappa shape index (κ3) is 5.44. The fourth-order valence-corrected chi connectivity index (χ4v) is 1.33. The summed E-state index contributed by atoms with van der Waals surface area (Å²) in [5.41, 5.74) is 6.29. The van der Waals surface area contributed by atoms with Crippen LogP contribution in [0.2, 0.25) is 0 Å². The van der Waals surface area contributed by atoms with Crippen molar-refractivity contribution in [2.75, 3.05) is 13.1 Å². The fourth-order valence-electron chi connectivity index (χ4n) is 1.33. The second kappa shape index (κ2) is 7.01. The quantitative estimate of drug-likeness (QED) is 0.698. The lowest BCUT2D eigenvalue weighted by atomic mass is 10.2. The van der Waals surface area contributed by atoms with Crippen LogP contribution in [0.3, 0.4) is 0 Å². The van der Waals surface area contributed by atoms with Crippen molar-refractivity contribution >= 4 is 5.91 Å². The highest BCUT2D eigenvalue weighted by Gasteiger charge is 2.06. The Morgan fingerprint density at radius 1 is 1.59 bits per heavy atom. The summed E-state index contributed by atoms with van der Waals surface area (Å²) in [5, 5.41) is 10.7. The van der Waals surface area contributed by atoms with E-state index in [1.54, 1.807) is 10.9 Å². The van der Waals surface area contributed by atoms with Gasteiger partial charge in [-0.3, -0.25) is 4.79 Å². The van der Waals surface area contributed by atoms with Crippen molar-refractivity contribution in [3.05, 3.63) is 11.9 Å². The van der Waals surface area contributed by atoms with Crippen LogP contribution in [0.4, 0.5) is 0 Å². The Balaban J connectivity index is 2.35. The van der Waals surface area contributed by atoms with Crippen LogP contribution in [0.1, 0.15) is 26.0 Å². The minimum Gasteiger partial charge on any atom is -0.354 e. The van der Waals surface area contributed by atoms with E-state index in [-0.39, 0.29) is 12.5 Å². The van der Waals surface area contributed by atoms with Crippen LogP contribution >= 0.6 is 0 Å². The first-order chi connectivity index (χ1) is 8.11. The Morgan fingerprint density at radius 3 is 3.00 bits per heavy atom. The summed E-state index contributed by atoms with van der Waals surface area (Å²) in [6.07, 6.45) is 3.49. The number of amides is 1. The van der Waals surface area contributed by atoms with E-state index in [0.717, 1.165) is 18.5 Å². The molecular weight excluding hydrogens is 218 g/mol. The van der Waals surface area contributed by atoms with E-state index in [1.807, 2.05) is 0 Å². The average Bonchev–Trinajstić information content (AvgIpc) is 2.71. The number of carbonyl (C=O) groups excluding carboxylic acids is 1. The van der Waals surface area contributed by atoms with Crippen molar-refractivity contribution in [1.82, 2.24) is 20.3 Å². The van der Waals surface area contributed by atoms with Crippen molar-refractivity contribution in [1.29, 1.82) is 0 Å². The maximum Gasteiger partial charge on any atom is 0.241 e. The van der Waals surface area contributed by atoms with Gasteiger partial charge in [-0.25, -0.2) is 4.68 Å². The molecular formula is C11H21N5O. The largest absolute Gasteiger partial charge is 0.354 e. The van der Waals surface area contributed by atoms with Crippen LogP contribution in [-0.4, -0.2) is 34.0 Å². The number of aromatic nitrogens is 3. The molecule has 0 saturated heterocycles. The monoisotopic (exact) mass is 239 g/mol. The van der Waals surface area contributed by atoms with Crippen LogP contribution in [0.15, 0.2) is 6.20 Å². The lowest BCUT2D eigenvalue weighted by Gasteiger charge is -2.06. The number of nitrogens with one attached hydrogen (secondary N) is 1. The Kier molecular flexibility index (Phi) is 5.62. The first kappa shape index (κ1) is 13.6. The molecule has 1 heterocycles. The molecule has 0 aliphatic heterocycles. The molecule has 17 heavy (non-hydrogen) atoms. The molecule has 0 aliphatic rings. The van der Waals surface area contributed by atoms with Gasteiger partial charge in [0.15, 0.2) is 0 Å². The normalized spacial score (nSPS) is 10.8. The average molecular weight is 239 g/mol. The van der Waals surface area contributed by atoms with Gasteiger partial charge in [0.05, 0.1) is 5.69 Å². The zero-order chi connectivity index (χ0) is 12.7. The Bertz CT molecular complexity index is 347. The predicted octanol–water partition coefficient (Wildman–Crippen LogP) is -0.0584. The standard InChI is InChI=1S/C11H21N5O/c1-9(2)6-13-11(17)8-16-7-10(14-15-16)4-3-5-12/h7,9H,3-6,8,12H2,1-2H3,(H,13,17). The molecule has 0 fully saturated rings. The van der Waals surface area contributed by atoms with Gasteiger partial charge in [0.2, 0.25) is 5.91 Å². The van der Waals surface area contributed by atoms with E-state index >= 15 is 0 Å². The SMILES string of the molecule is CC(C)CNC(=O)Cn1cc(CCCN)nn1. The number of nitrogens with zero attached hydrogens (tertiary/aromatic N) is 3.